The minimum Gasteiger partial charge on any atom is -0.384 e. The van der Waals surface area contributed by atoms with Crippen molar-refractivity contribution in [1.82, 2.24) is 14.5 Å². The average molecular weight is 260 g/mol. The van der Waals surface area contributed by atoms with Crippen LogP contribution in [0.4, 0.5) is 5.82 Å². The number of ether oxygens (including phenoxy) is 1. The van der Waals surface area contributed by atoms with Crippen molar-refractivity contribution in [3.05, 3.63) is 30.9 Å². The lowest BCUT2D eigenvalue weighted by molar-refractivity contribution is 0.124. The quantitative estimate of drug-likeness (QED) is 0.776. The standard InChI is InChI=1S/C14H20N4O/c1-2-3-7-19-8-6-18-11-16-10-13(18)12-4-5-17-14(15)9-12/h4-5,9-11H,2-3,6-8H2,1H3,(H2,15,17). The van der Waals surface area contributed by atoms with E-state index in [1.807, 2.05) is 24.7 Å². The van der Waals surface area contributed by atoms with E-state index >= 15 is 0 Å². The Balaban J connectivity index is 1.98. The molecule has 5 nitrogen and oxygen atoms in total. The zero-order valence-electron chi connectivity index (χ0n) is 11.2. The van der Waals surface area contributed by atoms with Crippen LogP contribution in [0, 0.1) is 0 Å². The van der Waals surface area contributed by atoms with Gasteiger partial charge in [-0.2, -0.15) is 0 Å². The summed E-state index contributed by atoms with van der Waals surface area (Å²) in [6, 6.07) is 3.78. The van der Waals surface area contributed by atoms with Gasteiger partial charge in [0.1, 0.15) is 5.82 Å². The van der Waals surface area contributed by atoms with Gasteiger partial charge < -0.3 is 15.0 Å². The van der Waals surface area contributed by atoms with Gasteiger partial charge in [-0.05, 0) is 18.6 Å². The Hall–Kier alpha value is -1.88. The van der Waals surface area contributed by atoms with Crippen molar-refractivity contribution in [3.8, 4) is 11.3 Å². The Morgan fingerprint density at radius 3 is 3.05 bits per heavy atom. The van der Waals surface area contributed by atoms with Crippen molar-refractivity contribution in [1.29, 1.82) is 0 Å². The summed E-state index contributed by atoms with van der Waals surface area (Å²) in [6.07, 6.45) is 7.62. The van der Waals surface area contributed by atoms with Crippen LogP contribution < -0.4 is 5.73 Å². The van der Waals surface area contributed by atoms with E-state index in [1.54, 1.807) is 6.20 Å². The Kier molecular flexibility index (Phi) is 4.92. The molecule has 0 aliphatic rings. The molecule has 0 bridgehead atoms. The molecule has 2 rings (SSSR count). The maximum Gasteiger partial charge on any atom is 0.123 e. The van der Waals surface area contributed by atoms with Gasteiger partial charge in [0.2, 0.25) is 0 Å². The first-order valence-electron chi connectivity index (χ1n) is 6.61. The van der Waals surface area contributed by atoms with E-state index in [-0.39, 0.29) is 0 Å². The number of hydrogen-bond acceptors (Lipinski definition) is 4. The molecule has 0 spiro atoms. The molecule has 0 fully saturated rings. The molecule has 0 radical (unpaired) electrons. The highest BCUT2D eigenvalue weighted by atomic mass is 16.5. The van der Waals surface area contributed by atoms with E-state index in [1.165, 1.54) is 0 Å². The molecule has 2 N–H and O–H groups in total. The number of hydrogen-bond donors (Lipinski definition) is 1. The topological polar surface area (TPSA) is 66.0 Å². The largest absolute Gasteiger partial charge is 0.384 e. The molecule has 2 heterocycles. The van der Waals surface area contributed by atoms with Gasteiger partial charge in [-0.15, -0.1) is 0 Å². The molecule has 0 saturated carbocycles. The maximum absolute atomic E-state index is 5.70. The summed E-state index contributed by atoms with van der Waals surface area (Å²) in [6.45, 7) is 4.47. The fourth-order valence-corrected chi connectivity index (χ4v) is 1.86. The van der Waals surface area contributed by atoms with E-state index in [9.17, 15) is 0 Å². The summed E-state index contributed by atoms with van der Waals surface area (Å²) >= 11 is 0. The SMILES string of the molecule is CCCCOCCn1cncc1-c1ccnc(N)c1. The molecule has 2 aromatic rings. The van der Waals surface area contributed by atoms with E-state index in [0.29, 0.717) is 12.4 Å². The number of aromatic nitrogens is 3. The van der Waals surface area contributed by atoms with E-state index in [0.717, 1.165) is 37.3 Å². The van der Waals surface area contributed by atoms with Crippen LogP contribution in [-0.2, 0) is 11.3 Å². The van der Waals surface area contributed by atoms with Crippen molar-refractivity contribution in [2.75, 3.05) is 18.9 Å². The van der Waals surface area contributed by atoms with Crippen molar-refractivity contribution in [3.63, 3.8) is 0 Å². The molecule has 0 saturated heterocycles. The molecule has 19 heavy (non-hydrogen) atoms. The second kappa shape index (κ2) is 6.89. The van der Waals surface area contributed by atoms with Gasteiger partial charge in [-0.25, -0.2) is 9.97 Å². The van der Waals surface area contributed by atoms with Crippen LogP contribution in [0.15, 0.2) is 30.9 Å². The third-order valence-electron chi connectivity index (χ3n) is 2.91. The van der Waals surface area contributed by atoms with E-state index in [2.05, 4.69) is 21.5 Å². The highest BCUT2D eigenvalue weighted by Crippen LogP contribution is 2.19. The van der Waals surface area contributed by atoms with Crippen molar-refractivity contribution >= 4 is 5.82 Å². The molecule has 0 aliphatic carbocycles. The molecule has 0 atom stereocenters. The minimum absolute atomic E-state index is 0.518. The maximum atomic E-state index is 5.70. The van der Waals surface area contributed by atoms with E-state index in [4.69, 9.17) is 10.5 Å². The second-order valence-electron chi connectivity index (χ2n) is 4.41. The highest BCUT2D eigenvalue weighted by molar-refractivity contribution is 5.61. The van der Waals surface area contributed by atoms with Gasteiger partial charge in [0.25, 0.3) is 0 Å². The third kappa shape index (κ3) is 3.79. The third-order valence-corrected chi connectivity index (χ3v) is 2.91. The Bertz CT molecular complexity index is 510. The summed E-state index contributed by atoms with van der Waals surface area (Å²) in [5, 5.41) is 0. The van der Waals surface area contributed by atoms with Gasteiger partial charge >= 0.3 is 0 Å². The molecular weight excluding hydrogens is 240 g/mol. The predicted molar refractivity (Wildman–Crippen MR) is 75.6 cm³/mol. The van der Waals surface area contributed by atoms with Crippen LogP contribution >= 0.6 is 0 Å². The summed E-state index contributed by atoms with van der Waals surface area (Å²) in [5.74, 6) is 0.518. The minimum atomic E-state index is 0.518. The number of pyridine rings is 1. The number of anilines is 1. The monoisotopic (exact) mass is 260 g/mol. The Labute approximate surface area is 113 Å². The fourth-order valence-electron chi connectivity index (χ4n) is 1.86. The summed E-state index contributed by atoms with van der Waals surface area (Å²) < 4.78 is 7.65. The predicted octanol–water partition coefficient (Wildman–Crippen LogP) is 2.34. The molecule has 0 amide bonds. The van der Waals surface area contributed by atoms with Gasteiger partial charge in [-0.1, -0.05) is 13.3 Å². The molecule has 0 aliphatic heterocycles. The van der Waals surface area contributed by atoms with E-state index < -0.39 is 0 Å². The number of nitrogen functional groups attached to an aromatic ring is 1. The van der Waals surface area contributed by atoms with Crippen LogP contribution in [0.5, 0.6) is 0 Å². The van der Waals surface area contributed by atoms with Gasteiger partial charge in [0.15, 0.2) is 0 Å². The van der Waals surface area contributed by atoms with Crippen LogP contribution in [-0.4, -0.2) is 27.7 Å². The second-order valence-corrected chi connectivity index (χ2v) is 4.41. The van der Waals surface area contributed by atoms with Gasteiger partial charge in [0, 0.05) is 24.9 Å². The summed E-state index contributed by atoms with van der Waals surface area (Å²) in [5.41, 5.74) is 7.77. The van der Waals surface area contributed by atoms with Crippen LogP contribution in [0.3, 0.4) is 0 Å². The van der Waals surface area contributed by atoms with Crippen molar-refractivity contribution in [2.45, 2.75) is 26.3 Å². The zero-order chi connectivity index (χ0) is 13.5. The number of nitrogens with zero attached hydrogens (tertiary/aromatic N) is 3. The van der Waals surface area contributed by atoms with Crippen LogP contribution in [0.25, 0.3) is 11.3 Å². The molecular formula is C14H20N4O. The first-order chi connectivity index (χ1) is 9.31. The summed E-state index contributed by atoms with van der Waals surface area (Å²) in [7, 11) is 0. The first-order valence-corrected chi connectivity index (χ1v) is 6.61. The smallest absolute Gasteiger partial charge is 0.123 e. The zero-order valence-corrected chi connectivity index (χ0v) is 11.2. The molecule has 0 unspecified atom stereocenters. The highest BCUT2D eigenvalue weighted by Gasteiger charge is 2.05. The lowest BCUT2D eigenvalue weighted by Crippen LogP contribution is -2.07. The number of imidazole rings is 1. The van der Waals surface area contributed by atoms with Crippen LogP contribution in [0.2, 0.25) is 0 Å². The fraction of sp³-hybridized carbons (Fsp3) is 0.429. The number of rotatable bonds is 7. The molecule has 2 aromatic heterocycles. The summed E-state index contributed by atoms with van der Waals surface area (Å²) in [4.78, 5) is 8.19. The number of nitrogens with two attached hydrogens (primary N) is 1. The normalized spacial score (nSPS) is 10.8. The van der Waals surface area contributed by atoms with Gasteiger partial charge in [0.05, 0.1) is 24.8 Å². The van der Waals surface area contributed by atoms with Crippen molar-refractivity contribution in [2.24, 2.45) is 0 Å². The lowest BCUT2D eigenvalue weighted by Gasteiger charge is -2.09. The molecule has 102 valence electrons. The van der Waals surface area contributed by atoms with Crippen LogP contribution in [0.1, 0.15) is 19.8 Å². The van der Waals surface area contributed by atoms with Crippen molar-refractivity contribution < 1.29 is 4.74 Å². The first kappa shape index (κ1) is 13.5. The average Bonchev–Trinajstić information content (AvgIpc) is 2.87. The lowest BCUT2D eigenvalue weighted by atomic mass is 10.2. The number of unbranched alkanes of at least 4 members (excludes halogenated alkanes) is 1. The Morgan fingerprint density at radius 2 is 2.26 bits per heavy atom. The molecule has 5 heteroatoms. The molecule has 0 aromatic carbocycles. The Morgan fingerprint density at radius 1 is 1.37 bits per heavy atom. The van der Waals surface area contributed by atoms with Gasteiger partial charge in [-0.3, -0.25) is 0 Å².